The quantitative estimate of drug-likeness (QED) is 0.724. The lowest BCUT2D eigenvalue weighted by Gasteiger charge is -2.18. The Morgan fingerprint density at radius 3 is 2.94 bits per heavy atom. The Morgan fingerprint density at radius 1 is 1.50 bits per heavy atom. The van der Waals surface area contributed by atoms with E-state index in [2.05, 4.69) is 5.32 Å². The Balaban J connectivity index is 2.00. The highest BCUT2D eigenvalue weighted by molar-refractivity contribution is 5.84. The summed E-state index contributed by atoms with van der Waals surface area (Å²) >= 11 is 0. The number of anilines is 1. The highest BCUT2D eigenvalue weighted by atomic mass is 16.4. The Morgan fingerprint density at radius 2 is 2.31 bits per heavy atom. The first-order valence-corrected chi connectivity index (χ1v) is 5.41. The molecule has 2 rings (SSSR count). The normalized spacial score (nSPS) is 24.6. The van der Waals surface area contributed by atoms with Gasteiger partial charge in [-0.15, -0.1) is 0 Å². The van der Waals surface area contributed by atoms with E-state index in [9.17, 15) is 4.79 Å². The van der Waals surface area contributed by atoms with E-state index >= 15 is 0 Å². The van der Waals surface area contributed by atoms with Gasteiger partial charge in [0.25, 0.3) is 0 Å². The zero-order chi connectivity index (χ0) is 11.5. The lowest BCUT2D eigenvalue weighted by Crippen LogP contribution is -2.26. The molecule has 0 bridgehead atoms. The van der Waals surface area contributed by atoms with Crippen LogP contribution in [0.1, 0.15) is 29.8 Å². The van der Waals surface area contributed by atoms with Crippen molar-refractivity contribution >= 4 is 11.9 Å². The van der Waals surface area contributed by atoms with Crippen LogP contribution in [0.3, 0.4) is 0 Å². The predicted octanol–water partition coefficient (Wildman–Crippen LogP) is 1.55. The van der Waals surface area contributed by atoms with Crippen LogP contribution in [0.4, 0.5) is 5.88 Å². The topological polar surface area (TPSA) is 82.7 Å². The molecule has 16 heavy (non-hydrogen) atoms. The van der Waals surface area contributed by atoms with E-state index < -0.39 is 5.97 Å². The van der Waals surface area contributed by atoms with E-state index in [1.54, 1.807) is 6.07 Å². The van der Waals surface area contributed by atoms with Gasteiger partial charge in [-0.2, -0.15) is 0 Å². The van der Waals surface area contributed by atoms with E-state index in [-0.39, 0.29) is 24.3 Å². The lowest BCUT2D eigenvalue weighted by atomic mass is 10.1. The summed E-state index contributed by atoms with van der Waals surface area (Å²) in [5, 5.41) is 21.0. The second kappa shape index (κ2) is 4.57. The average molecular weight is 225 g/mol. The van der Waals surface area contributed by atoms with Crippen LogP contribution in [0.15, 0.2) is 16.5 Å². The molecule has 0 saturated heterocycles. The molecule has 0 amide bonds. The largest absolute Gasteiger partial charge is 0.475 e. The number of hydrogen-bond acceptors (Lipinski definition) is 4. The fourth-order valence-electron chi connectivity index (χ4n) is 2.16. The van der Waals surface area contributed by atoms with Crippen molar-refractivity contribution in [2.24, 2.45) is 5.92 Å². The fourth-order valence-corrected chi connectivity index (χ4v) is 2.16. The maximum Gasteiger partial charge on any atom is 0.371 e. The first-order valence-electron chi connectivity index (χ1n) is 5.41. The Kier molecular flexibility index (Phi) is 3.14. The summed E-state index contributed by atoms with van der Waals surface area (Å²) in [5.74, 6) is -0.444. The van der Waals surface area contributed by atoms with Crippen LogP contribution in [0.25, 0.3) is 0 Å². The number of aliphatic hydroxyl groups excluding tert-OH is 1. The molecule has 1 aromatic rings. The molecule has 1 saturated carbocycles. The molecule has 3 N–H and O–H groups in total. The minimum atomic E-state index is -1.07. The maximum atomic E-state index is 10.6. The molecule has 5 nitrogen and oxygen atoms in total. The smallest absolute Gasteiger partial charge is 0.371 e. The van der Waals surface area contributed by atoms with Gasteiger partial charge in [0.05, 0.1) is 0 Å². The first kappa shape index (κ1) is 11.0. The number of aromatic carboxylic acids is 1. The molecule has 88 valence electrons. The summed E-state index contributed by atoms with van der Waals surface area (Å²) in [5.41, 5.74) is 0. The third-order valence-electron chi connectivity index (χ3n) is 3.04. The second-order valence-electron chi connectivity index (χ2n) is 4.09. The average Bonchev–Trinajstić information content (AvgIpc) is 2.87. The molecule has 0 radical (unpaired) electrons. The van der Waals surface area contributed by atoms with E-state index in [1.165, 1.54) is 6.07 Å². The van der Waals surface area contributed by atoms with E-state index in [4.69, 9.17) is 14.6 Å². The zero-order valence-electron chi connectivity index (χ0n) is 8.85. The lowest BCUT2D eigenvalue weighted by molar-refractivity contribution is 0.0663. The van der Waals surface area contributed by atoms with Crippen LogP contribution >= 0.6 is 0 Å². The molecule has 0 spiro atoms. The minimum absolute atomic E-state index is 0.0685. The van der Waals surface area contributed by atoms with Gasteiger partial charge >= 0.3 is 5.97 Å². The van der Waals surface area contributed by atoms with Gasteiger partial charge in [-0.05, 0) is 18.9 Å². The number of rotatable bonds is 4. The molecule has 2 atom stereocenters. The Bertz CT molecular complexity index is 374. The van der Waals surface area contributed by atoms with Crippen LogP contribution in [0.2, 0.25) is 0 Å². The third kappa shape index (κ3) is 2.19. The second-order valence-corrected chi connectivity index (χ2v) is 4.09. The van der Waals surface area contributed by atoms with Gasteiger partial charge in [0.1, 0.15) is 0 Å². The molecule has 1 aliphatic rings. The summed E-state index contributed by atoms with van der Waals surface area (Å²) in [4.78, 5) is 10.6. The van der Waals surface area contributed by atoms with Gasteiger partial charge in [0.2, 0.25) is 5.76 Å². The zero-order valence-corrected chi connectivity index (χ0v) is 8.85. The van der Waals surface area contributed by atoms with Crippen molar-refractivity contribution in [1.29, 1.82) is 0 Å². The fraction of sp³-hybridized carbons (Fsp3) is 0.545. The van der Waals surface area contributed by atoms with Crippen molar-refractivity contribution in [3.8, 4) is 0 Å². The monoisotopic (exact) mass is 225 g/mol. The van der Waals surface area contributed by atoms with Gasteiger partial charge in [0.15, 0.2) is 5.88 Å². The van der Waals surface area contributed by atoms with E-state index in [0.717, 1.165) is 19.3 Å². The van der Waals surface area contributed by atoms with Gasteiger partial charge in [-0.3, -0.25) is 0 Å². The van der Waals surface area contributed by atoms with E-state index in [0.29, 0.717) is 5.88 Å². The number of hydrogen-bond donors (Lipinski definition) is 3. The molecule has 1 aliphatic carbocycles. The molecule has 2 unspecified atom stereocenters. The van der Waals surface area contributed by atoms with Crippen molar-refractivity contribution in [1.82, 2.24) is 0 Å². The van der Waals surface area contributed by atoms with Gasteiger partial charge in [0, 0.05) is 24.6 Å². The van der Waals surface area contributed by atoms with Crippen LogP contribution in [-0.4, -0.2) is 28.8 Å². The predicted molar refractivity (Wildman–Crippen MR) is 57.5 cm³/mol. The van der Waals surface area contributed by atoms with Crippen molar-refractivity contribution in [3.63, 3.8) is 0 Å². The molecule has 0 aromatic carbocycles. The number of aliphatic hydroxyl groups is 1. The van der Waals surface area contributed by atoms with Crippen LogP contribution in [0.5, 0.6) is 0 Å². The number of furan rings is 1. The SMILES string of the molecule is O=C(O)c1ccc(NC2CCCC2CO)o1. The molecule has 0 aliphatic heterocycles. The minimum Gasteiger partial charge on any atom is -0.475 e. The van der Waals surface area contributed by atoms with Crippen molar-refractivity contribution in [3.05, 3.63) is 17.9 Å². The highest BCUT2D eigenvalue weighted by Gasteiger charge is 2.27. The summed E-state index contributed by atoms with van der Waals surface area (Å²) in [6.07, 6.45) is 3.06. The molecular formula is C11H15NO4. The van der Waals surface area contributed by atoms with Crippen LogP contribution in [0, 0.1) is 5.92 Å². The standard InChI is InChI=1S/C11H15NO4/c13-6-7-2-1-3-8(7)12-10-5-4-9(16-10)11(14)15/h4-5,7-8,12-13H,1-3,6H2,(H,14,15). The molecular weight excluding hydrogens is 210 g/mol. The van der Waals surface area contributed by atoms with Gasteiger partial charge in [-0.25, -0.2) is 4.79 Å². The molecule has 1 heterocycles. The molecule has 1 aromatic heterocycles. The third-order valence-corrected chi connectivity index (χ3v) is 3.04. The van der Waals surface area contributed by atoms with Gasteiger partial charge in [-0.1, -0.05) is 6.42 Å². The summed E-state index contributed by atoms with van der Waals surface area (Å²) < 4.78 is 5.11. The number of nitrogens with one attached hydrogen (secondary N) is 1. The van der Waals surface area contributed by atoms with E-state index in [1.807, 2.05) is 0 Å². The maximum absolute atomic E-state index is 10.6. The number of carbonyl (C=O) groups is 1. The number of carboxylic acid groups (broad SMARTS) is 1. The van der Waals surface area contributed by atoms with Crippen LogP contribution in [-0.2, 0) is 0 Å². The Labute approximate surface area is 93.1 Å². The van der Waals surface area contributed by atoms with Gasteiger partial charge < -0.3 is 19.9 Å². The first-order chi connectivity index (χ1) is 7.70. The summed E-state index contributed by atoms with van der Waals surface area (Å²) in [7, 11) is 0. The number of carboxylic acids is 1. The van der Waals surface area contributed by atoms with Crippen LogP contribution < -0.4 is 5.32 Å². The highest BCUT2D eigenvalue weighted by Crippen LogP contribution is 2.28. The van der Waals surface area contributed by atoms with Crippen molar-refractivity contribution < 1.29 is 19.4 Å². The summed E-state index contributed by atoms with van der Waals surface area (Å²) in [6.45, 7) is 0.157. The van der Waals surface area contributed by atoms with Crippen molar-refractivity contribution in [2.45, 2.75) is 25.3 Å². The molecule has 5 heteroatoms. The molecule has 1 fully saturated rings. The van der Waals surface area contributed by atoms with Crippen molar-refractivity contribution in [2.75, 3.05) is 11.9 Å². The Hall–Kier alpha value is -1.49. The summed E-state index contributed by atoms with van der Waals surface area (Å²) in [6, 6.07) is 3.21.